The number of carboxylic acid groups (broad SMARTS) is 1. The molecule has 0 aliphatic heterocycles. The number of fused-ring (bicyclic) bond motifs is 2. The molecule has 0 aromatic heterocycles. The Hall–Kier alpha value is -3.28. The smallest absolute Gasteiger partial charge is 0.446 e. The number of rotatable bonds is 8. The van der Waals surface area contributed by atoms with Crippen molar-refractivity contribution in [3.63, 3.8) is 0 Å². The minimum absolute atomic E-state index is 0.0168. The maximum atomic E-state index is 15.1. The fourth-order valence-corrected chi connectivity index (χ4v) is 7.58. The van der Waals surface area contributed by atoms with Crippen LogP contribution in [-0.4, -0.2) is 41.6 Å². The summed E-state index contributed by atoms with van der Waals surface area (Å²) in [4.78, 5) is 38.3. The summed E-state index contributed by atoms with van der Waals surface area (Å²) in [6, 6.07) is 7.69. The van der Waals surface area contributed by atoms with Crippen LogP contribution in [0, 0.1) is 29.5 Å². The van der Waals surface area contributed by atoms with Crippen LogP contribution < -0.4 is 15.4 Å². The molecule has 0 radical (unpaired) electrons. The van der Waals surface area contributed by atoms with Crippen LogP contribution in [0.1, 0.15) is 66.8 Å². The van der Waals surface area contributed by atoms with Gasteiger partial charge in [0.05, 0.1) is 24.5 Å². The summed E-state index contributed by atoms with van der Waals surface area (Å²) >= 11 is -0.263. The van der Waals surface area contributed by atoms with Gasteiger partial charge in [-0.3, -0.25) is 14.4 Å². The van der Waals surface area contributed by atoms with Crippen molar-refractivity contribution in [2.45, 2.75) is 67.3 Å². The molecule has 3 N–H and O–H groups in total. The highest BCUT2D eigenvalue weighted by molar-refractivity contribution is 8.00. The summed E-state index contributed by atoms with van der Waals surface area (Å²) in [5.74, 6) is -3.41. The van der Waals surface area contributed by atoms with Gasteiger partial charge in [-0.2, -0.15) is 13.2 Å². The van der Waals surface area contributed by atoms with Gasteiger partial charge in [-0.25, -0.2) is 4.39 Å². The molecule has 0 unspecified atom stereocenters. The summed E-state index contributed by atoms with van der Waals surface area (Å²) in [6.07, 6.45) is 4.19. The second-order valence-electron chi connectivity index (χ2n) is 11.4. The van der Waals surface area contributed by atoms with E-state index in [0.717, 1.165) is 19.3 Å². The molecular formula is C30H32F4N2O5S. The molecule has 0 spiro atoms. The van der Waals surface area contributed by atoms with Crippen molar-refractivity contribution in [2.24, 2.45) is 23.7 Å². The van der Waals surface area contributed by atoms with Gasteiger partial charge in [-0.15, -0.1) is 0 Å². The van der Waals surface area contributed by atoms with Crippen LogP contribution in [0.5, 0.6) is 5.75 Å². The predicted octanol–water partition coefficient (Wildman–Crippen LogP) is 6.59. The number of amides is 2. The molecule has 3 aliphatic rings. The standard InChI is InChI=1S/C30H32F4N2O5S/c1-41-24-14-23(31)21(15-5-7-16(8-6-15)29(39)40)13-22(24)27(37)36-26-18-10-9-17(11-18)25(26)28(38)35-19-3-2-4-20(12-19)42-30(32,33)34/h2-4,12-18,25-26H,5-11H2,1H3,(H,35,38)(H,36,37)(H,39,40)/t15-,16+,17-,18+,25+,26-/m1/s1. The van der Waals surface area contributed by atoms with E-state index >= 15 is 4.39 Å². The predicted molar refractivity (Wildman–Crippen MR) is 148 cm³/mol. The van der Waals surface area contributed by atoms with Crippen molar-refractivity contribution in [1.29, 1.82) is 0 Å². The van der Waals surface area contributed by atoms with E-state index in [9.17, 15) is 32.7 Å². The highest BCUT2D eigenvalue weighted by Gasteiger charge is 2.51. The second kappa shape index (κ2) is 12.1. The Kier molecular flexibility index (Phi) is 8.73. The first-order valence-electron chi connectivity index (χ1n) is 14.0. The first kappa shape index (κ1) is 30.2. The van der Waals surface area contributed by atoms with Crippen LogP contribution in [0.3, 0.4) is 0 Å². The molecule has 5 rings (SSSR count). The third kappa shape index (κ3) is 6.53. The number of thioether (sulfide) groups is 1. The van der Waals surface area contributed by atoms with Gasteiger partial charge < -0.3 is 20.5 Å². The lowest BCUT2D eigenvalue weighted by atomic mass is 9.78. The Balaban J connectivity index is 1.33. The summed E-state index contributed by atoms with van der Waals surface area (Å²) < 4.78 is 58.9. The Morgan fingerprint density at radius 1 is 1.00 bits per heavy atom. The minimum Gasteiger partial charge on any atom is -0.496 e. The van der Waals surface area contributed by atoms with E-state index in [4.69, 9.17) is 4.74 Å². The third-order valence-electron chi connectivity index (χ3n) is 8.93. The van der Waals surface area contributed by atoms with Gasteiger partial charge in [0.1, 0.15) is 11.6 Å². The molecule has 2 aromatic rings. The summed E-state index contributed by atoms with van der Waals surface area (Å²) in [6.45, 7) is 0. The van der Waals surface area contributed by atoms with E-state index in [1.807, 2.05) is 0 Å². The number of methoxy groups -OCH3 is 1. The van der Waals surface area contributed by atoms with Crippen LogP contribution in [0.2, 0.25) is 0 Å². The lowest BCUT2D eigenvalue weighted by Gasteiger charge is -2.31. The molecule has 2 aromatic carbocycles. The van der Waals surface area contributed by atoms with Crippen LogP contribution in [0.25, 0.3) is 0 Å². The fraction of sp³-hybridized carbons (Fsp3) is 0.500. The number of hydrogen-bond acceptors (Lipinski definition) is 5. The molecule has 2 amide bonds. The third-order valence-corrected chi connectivity index (χ3v) is 9.65. The number of carbonyl (C=O) groups is 3. The lowest BCUT2D eigenvalue weighted by Crippen LogP contribution is -2.48. The van der Waals surface area contributed by atoms with E-state index < -0.39 is 41.1 Å². The number of ether oxygens (including phenoxy) is 1. The summed E-state index contributed by atoms with van der Waals surface area (Å²) in [5, 5.41) is 15.0. The van der Waals surface area contributed by atoms with E-state index in [2.05, 4.69) is 10.6 Å². The number of carboxylic acids is 1. The first-order valence-corrected chi connectivity index (χ1v) is 14.8. The van der Waals surface area contributed by atoms with Crippen molar-refractivity contribution in [3.05, 3.63) is 53.3 Å². The van der Waals surface area contributed by atoms with Crippen molar-refractivity contribution in [2.75, 3.05) is 12.4 Å². The molecule has 226 valence electrons. The number of halogens is 4. The van der Waals surface area contributed by atoms with Crippen molar-refractivity contribution >= 4 is 35.2 Å². The number of aliphatic carboxylic acids is 1. The molecule has 3 fully saturated rings. The van der Waals surface area contributed by atoms with Gasteiger partial charge >= 0.3 is 11.5 Å². The van der Waals surface area contributed by atoms with Gasteiger partial charge in [-0.1, -0.05) is 6.07 Å². The van der Waals surface area contributed by atoms with Gasteiger partial charge in [0, 0.05) is 22.7 Å². The van der Waals surface area contributed by atoms with Crippen LogP contribution in [-0.2, 0) is 9.59 Å². The quantitative estimate of drug-likeness (QED) is 0.231. The van der Waals surface area contributed by atoms with E-state index in [0.29, 0.717) is 31.2 Å². The van der Waals surface area contributed by atoms with Crippen LogP contribution in [0.15, 0.2) is 41.3 Å². The monoisotopic (exact) mass is 608 g/mol. The average Bonchev–Trinajstić information content (AvgIpc) is 3.54. The SMILES string of the molecule is COc1cc(F)c([C@H]2CC[C@@H](C(=O)O)CC2)cc1C(=O)N[C@@H]1[C@H]2CC[C@H](C2)[C@@H]1C(=O)Nc1cccc(SC(F)(F)F)c1. The highest BCUT2D eigenvalue weighted by atomic mass is 32.2. The summed E-state index contributed by atoms with van der Waals surface area (Å²) in [7, 11) is 1.34. The van der Waals surface area contributed by atoms with Gasteiger partial charge in [-0.05, 0) is 104 Å². The van der Waals surface area contributed by atoms with Gasteiger partial charge in [0.15, 0.2) is 0 Å². The van der Waals surface area contributed by atoms with Crippen LogP contribution >= 0.6 is 11.8 Å². The zero-order chi connectivity index (χ0) is 30.2. The Morgan fingerprint density at radius 3 is 2.38 bits per heavy atom. The highest BCUT2D eigenvalue weighted by Crippen LogP contribution is 2.49. The fourth-order valence-electron chi connectivity index (χ4n) is 6.98. The number of hydrogen-bond donors (Lipinski definition) is 3. The molecule has 3 aliphatic carbocycles. The molecule has 12 heteroatoms. The average molecular weight is 609 g/mol. The Bertz CT molecular complexity index is 1360. The van der Waals surface area contributed by atoms with E-state index in [-0.39, 0.29) is 57.3 Å². The number of carbonyl (C=O) groups excluding carboxylic acids is 2. The normalized spacial score (nSPS) is 27.0. The second-order valence-corrected chi connectivity index (χ2v) is 12.5. The van der Waals surface area contributed by atoms with E-state index in [1.54, 1.807) is 0 Å². The minimum atomic E-state index is -4.46. The van der Waals surface area contributed by atoms with Crippen molar-refractivity contribution in [1.82, 2.24) is 5.32 Å². The molecule has 4 atom stereocenters. The summed E-state index contributed by atoms with van der Waals surface area (Å²) in [5.41, 5.74) is -3.75. The van der Waals surface area contributed by atoms with E-state index in [1.165, 1.54) is 43.5 Å². The molecule has 3 saturated carbocycles. The van der Waals surface area contributed by atoms with Crippen molar-refractivity contribution < 1.29 is 41.8 Å². The molecule has 42 heavy (non-hydrogen) atoms. The molecule has 0 saturated heterocycles. The van der Waals surface area contributed by atoms with Crippen LogP contribution in [0.4, 0.5) is 23.2 Å². The molecular weight excluding hydrogens is 576 g/mol. The Labute approximate surface area is 244 Å². The lowest BCUT2D eigenvalue weighted by molar-refractivity contribution is -0.142. The maximum Gasteiger partial charge on any atom is 0.446 e. The maximum absolute atomic E-state index is 15.1. The molecule has 0 heterocycles. The number of nitrogens with one attached hydrogen (secondary N) is 2. The van der Waals surface area contributed by atoms with Crippen molar-refractivity contribution in [3.8, 4) is 5.75 Å². The zero-order valence-corrected chi connectivity index (χ0v) is 23.7. The number of benzene rings is 2. The topological polar surface area (TPSA) is 105 Å². The van der Waals surface area contributed by atoms with Gasteiger partial charge in [0.2, 0.25) is 5.91 Å². The largest absolute Gasteiger partial charge is 0.496 e. The number of anilines is 1. The molecule has 2 bridgehead atoms. The van der Waals surface area contributed by atoms with Gasteiger partial charge in [0.25, 0.3) is 5.91 Å². The Morgan fingerprint density at radius 2 is 1.71 bits per heavy atom. The first-order chi connectivity index (χ1) is 19.9. The zero-order valence-electron chi connectivity index (χ0n) is 22.9. The molecule has 7 nitrogen and oxygen atoms in total. The number of alkyl halides is 3.